The summed E-state index contributed by atoms with van der Waals surface area (Å²) in [6.07, 6.45) is 2.29. The lowest BCUT2D eigenvalue weighted by atomic mass is 10.1. The van der Waals surface area contributed by atoms with Gasteiger partial charge in [0.1, 0.15) is 0 Å². The van der Waals surface area contributed by atoms with Gasteiger partial charge in [-0.3, -0.25) is 9.78 Å². The summed E-state index contributed by atoms with van der Waals surface area (Å²) in [6, 6.07) is 18.9. The smallest absolute Gasteiger partial charge is 0.255 e. The Kier molecular flexibility index (Phi) is 5.21. The standard InChI is InChI=1S/C21H20N2O2/c1-15-10-12-22-20(14-15)17-6-8-18(9-7-17)21(25)23-19-5-3-2-4-16(19)11-13-24/h2-10,12,14,24H,11,13H2,1H3,(H,23,25). The Morgan fingerprint density at radius 1 is 1.08 bits per heavy atom. The molecule has 0 aliphatic heterocycles. The van der Waals surface area contributed by atoms with Crippen molar-refractivity contribution in [3.8, 4) is 11.3 Å². The van der Waals surface area contributed by atoms with Crippen molar-refractivity contribution in [2.75, 3.05) is 11.9 Å². The fraction of sp³-hybridized carbons (Fsp3) is 0.143. The number of nitrogens with one attached hydrogen (secondary N) is 1. The molecular weight excluding hydrogens is 312 g/mol. The van der Waals surface area contributed by atoms with Gasteiger partial charge in [-0.15, -0.1) is 0 Å². The second kappa shape index (κ2) is 7.73. The number of hydrogen-bond donors (Lipinski definition) is 2. The van der Waals surface area contributed by atoms with E-state index < -0.39 is 0 Å². The molecule has 126 valence electrons. The minimum absolute atomic E-state index is 0.0467. The fourth-order valence-electron chi connectivity index (χ4n) is 2.66. The number of aryl methyl sites for hydroxylation is 1. The number of para-hydroxylation sites is 1. The van der Waals surface area contributed by atoms with Gasteiger partial charge in [-0.1, -0.05) is 30.3 Å². The van der Waals surface area contributed by atoms with Crippen molar-refractivity contribution in [3.05, 3.63) is 83.6 Å². The van der Waals surface area contributed by atoms with E-state index in [1.54, 1.807) is 18.3 Å². The Hall–Kier alpha value is -2.98. The molecule has 25 heavy (non-hydrogen) atoms. The van der Waals surface area contributed by atoms with Gasteiger partial charge in [-0.2, -0.15) is 0 Å². The van der Waals surface area contributed by atoms with Gasteiger partial charge in [-0.25, -0.2) is 0 Å². The summed E-state index contributed by atoms with van der Waals surface area (Å²) < 4.78 is 0. The number of benzene rings is 2. The van der Waals surface area contributed by atoms with Gasteiger partial charge in [0.25, 0.3) is 5.91 Å². The van der Waals surface area contributed by atoms with Crippen LogP contribution in [0.5, 0.6) is 0 Å². The van der Waals surface area contributed by atoms with Crippen LogP contribution in [0.1, 0.15) is 21.5 Å². The number of aliphatic hydroxyl groups is 1. The third-order valence-corrected chi connectivity index (χ3v) is 4.00. The van der Waals surface area contributed by atoms with Gasteiger partial charge in [0.15, 0.2) is 0 Å². The molecule has 3 rings (SSSR count). The van der Waals surface area contributed by atoms with E-state index in [1.807, 2.05) is 55.5 Å². The number of pyridine rings is 1. The Morgan fingerprint density at radius 3 is 2.56 bits per heavy atom. The van der Waals surface area contributed by atoms with Crippen LogP contribution in [0.4, 0.5) is 5.69 Å². The molecule has 0 unspecified atom stereocenters. The molecule has 0 saturated heterocycles. The van der Waals surface area contributed by atoms with E-state index >= 15 is 0 Å². The maximum atomic E-state index is 12.5. The molecule has 3 aromatic rings. The maximum absolute atomic E-state index is 12.5. The molecule has 0 spiro atoms. The van der Waals surface area contributed by atoms with Crippen LogP contribution in [0, 0.1) is 6.92 Å². The zero-order chi connectivity index (χ0) is 17.6. The molecular formula is C21H20N2O2. The van der Waals surface area contributed by atoms with Crippen LogP contribution in [-0.2, 0) is 6.42 Å². The van der Waals surface area contributed by atoms with Crippen LogP contribution in [0.15, 0.2) is 66.9 Å². The average molecular weight is 332 g/mol. The Balaban J connectivity index is 1.77. The second-order valence-corrected chi connectivity index (χ2v) is 5.88. The third-order valence-electron chi connectivity index (χ3n) is 4.00. The number of aromatic nitrogens is 1. The first-order valence-electron chi connectivity index (χ1n) is 8.20. The van der Waals surface area contributed by atoms with Crippen LogP contribution < -0.4 is 5.32 Å². The maximum Gasteiger partial charge on any atom is 0.255 e. The monoisotopic (exact) mass is 332 g/mol. The molecule has 0 saturated carbocycles. The van der Waals surface area contributed by atoms with Crippen LogP contribution in [-0.4, -0.2) is 22.6 Å². The first kappa shape index (κ1) is 16.9. The molecule has 0 bridgehead atoms. The van der Waals surface area contributed by atoms with E-state index in [0.717, 1.165) is 28.1 Å². The number of anilines is 1. The van der Waals surface area contributed by atoms with E-state index in [1.165, 1.54) is 0 Å². The Labute approximate surface area is 147 Å². The number of hydrogen-bond acceptors (Lipinski definition) is 3. The Morgan fingerprint density at radius 2 is 1.84 bits per heavy atom. The van der Waals surface area contributed by atoms with Crippen LogP contribution in [0.2, 0.25) is 0 Å². The van der Waals surface area contributed by atoms with Crippen molar-refractivity contribution in [1.82, 2.24) is 4.98 Å². The van der Waals surface area contributed by atoms with Crippen molar-refractivity contribution in [2.45, 2.75) is 13.3 Å². The zero-order valence-electron chi connectivity index (χ0n) is 14.1. The van der Waals surface area contributed by atoms with E-state index in [2.05, 4.69) is 10.3 Å². The lowest BCUT2D eigenvalue weighted by Gasteiger charge is -2.10. The van der Waals surface area contributed by atoms with Gasteiger partial charge in [-0.05, 0) is 54.8 Å². The van der Waals surface area contributed by atoms with E-state index in [9.17, 15) is 4.79 Å². The molecule has 2 N–H and O–H groups in total. The largest absolute Gasteiger partial charge is 0.396 e. The van der Waals surface area contributed by atoms with Gasteiger partial charge in [0, 0.05) is 29.6 Å². The number of nitrogens with zero attached hydrogens (tertiary/aromatic N) is 1. The summed E-state index contributed by atoms with van der Waals surface area (Å²) in [6.45, 7) is 2.07. The minimum Gasteiger partial charge on any atom is -0.396 e. The van der Waals surface area contributed by atoms with Gasteiger partial charge >= 0.3 is 0 Å². The summed E-state index contributed by atoms with van der Waals surface area (Å²) in [4.78, 5) is 16.8. The number of carbonyl (C=O) groups excluding carboxylic acids is 1. The van der Waals surface area contributed by atoms with Crippen LogP contribution in [0.3, 0.4) is 0 Å². The molecule has 0 radical (unpaired) electrons. The molecule has 0 aliphatic carbocycles. The SMILES string of the molecule is Cc1ccnc(-c2ccc(C(=O)Nc3ccccc3CCO)cc2)c1. The summed E-state index contributed by atoms with van der Waals surface area (Å²) in [7, 11) is 0. The first-order chi connectivity index (χ1) is 12.2. The molecule has 0 aliphatic rings. The van der Waals surface area contributed by atoms with E-state index in [0.29, 0.717) is 12.0 Å². The number of amides is 1. The predicted molar refractivity (Wildman–Crippen MR) is 99.6 cm³/mol. The van der Waals surface area contributed by atoms with Gasteiger partial charge in [0.2, 0.25) is 0 Å². The predicted octanol–water partition coefficient (Wildman–Crippen LogP) is 3.84. The van der Waals surface area contributed by atoms with Crippen molar-refractivity contribution in [3.63, 3.8) is 0 Å². The molecule has 0 atom stereocenters. The summed E-state index contributed by atoms with van der Waals surface area (Å²) in [5.41, 5.74) is 5.23. The molecule has 2 aromatic carbocycles. The van der Waals surface area contributed by atoms with Crippen molar-refractivity contribution >= 4 is 11.6 Å². The number of aliphatic hydroxyl groups excluding tert-OH is 1. The van der Waals surface area contributed by atoms with E-state index in [-0.39, 0.29) is 12.5 Å². The Bertz CT molecular complexity index is 873. The normalized spacial score (nSPS) is 10.5. The van der Waals surface area contributed by atoms with Crippen molar-refractivity contribution in [1.29, 1.82) is 0 Å². The lowest BCUT2D eigenvalue weighted by Crippen LogP contribution is -2.13. The molecule has 1 amide bonds. The molecule has 4 heteroatoms. The highest BCUT2D eigenvalue weighted by Crippen LogP contribution is 2.20. The van der Waals surface area contributed by atoms with Crippen molar-refractivity contribution < 1.29 is 9.90 Å². The van der Waals surface area contributed by atoms with E-state index in [4.69, 9.17) is 5.11 Å². The topological polar surface area (TPSA) is 62.2 Å². The van der Waals surface area contributed by atoms with Gasteiger partial charge < -0.3 is 10.4 Å². The lowest BCUT2D eigenvalue weighted by molar-refractivity contribution is 0.102. The summed E-state index contributed by atoms with van der Waals surface area (Å²) in [5.74, 6) is -0.172. The van der Waals surface area contributed by atoms with Crippen molar-refractivity contribution in [2.24, 2.45) is 0 Å². The highest BCUT2D eigenvalue weighted by atomic mass is 16.3. The van der Waals surface area contributed by atoms with Crippen LogP contribution >= 0.6 is 0 Å². The quantitative estimate of drug-likeness (QED) is 0.746. The first-order valence-corrected chi connectivity index (χ1v) is 8.20. The van der Waals surface area contributed by atoms with Crippen LogP contribution in [0.25, 0.3) is 11.3 Å². The summed E-state index contributed by atoms with van der Waals surface area (Å²) in [5, 5.41) is 12.0. The highest BCUT2D eigenvalue weighted by Gasteiger charge is 2.09. The van der Waals surface area contributed by atoms with Gasteiger partial charge in [0.05, 0.1) is 5.69 Å². The number of carbonyl (C=O) groups is 1. The second-order valence-electron chi connectivity index (χ2n) is 5.88. The highest BCUT2D eigenvalue weighted by molar-refractivity contribution is 6.04. The number of rotatable bonds is 5. The molecule has 1 aromatic heterocycles. The molecule has 1 heterocycles. The fourth-order valence-corrected chi connectivity index (χ4v) is 2.66. The molecule has 0 fully saturated rings. The third kappa shape index (κ3) is 4.11. The average Bonchev–Trinajstić information content (AvgIpc) is 2.64. The minimum atomic E-state index is -0.172. The zero-order valence-corrected chi connectivity index (χ0v) is 14.1. The summed E-state index contributed by atoms with van der Waals surface area (Å²) >= 11 is 0. The molecule has 4 nitrogen and oxygen atoms in total.